The van der Waals surface area contributed by atoms with Gasteiger partial charge in [0.25, 0.3) is 11.8 Å². The maximum Gasteiger partial charge on any atom is 0.266 e. The molecule has 0 aliphatic rings. The number of nitrogens with zero attached hydrogens (tertiary/aromatic N) is 1. The van der Waals surface area contributed by atoms with E-state index in [-0.39, 0.29) is 18.1 Å². The number of carbonyl (C=O) groups is 2. The minimum absolute atomic E-state index is 0.0309. The predicted molar refractivity (Wildman–Crippen MR) is 138 cm³/mol. The van der Waals surface area contributed by atoms with Crippen molar-refractivity contribution in [1.82, 2.24) is 0 Å². The Labute approximate surface area is 207 Å². The summed E-state index contributed by atoms with van der Waals surface area (Å²) in [4.78, 5) is 24.8. The van der Waals surface area contributed by atoms with Crippen molar-refractivity contribution in [2.75, 3.05) is 17.2 Å². The Bertz CT molecular complexity index is 1310. The molecule has 7 heteroatoms. The van der Waals surface area contributed by atoms with Crippen LogP contribution in [-0.2, 0) is 9.59 Å². The third kappa shape index (κ3) is 6.56. The van der Waals surface area contributed by atoms with Crippen LogP contribution in [0, 0.1) is 32.1 Å². The number of benzene rings is 3. The molecule has 0 spiro atoms. The predicted octanol–water partition coefficient (Wildman–Crippen LogP) is 5.94. The summed E-state index contributed by atoms with van der Waals surface area (Å²) in [7, 11) is 0. The zero-order valence-electron chi connectivity index (χ0n) is 19.1. The average molecular weight is 518 g/mol. The highest BCUT2D eigenvalue weighted by atomic mass is 79.9. The lowest BCUT2D eigenvalue weighted by atomic mass is 10.1. The first-order valence-corrected chi connectivity index (χ1v) is 11.3. The molecule has 0 saturated heterocycles. The monoisotopic (exact) mass is 517 g/mol. The van der Waals surface area contributed by atoms with Crippen LogP contribution >= 0.6 is 15.9 Å². The highest BCUT2D eigenvalue weighted by molar-refractivity contribution is 9.10. The second kappa shape index (κ2) is 11.3. The van der Waals surface area contributed by atoms with Gasteiger partial charge >= 0.3 is 0 Å². The molecule has 0 unspecified atom stereocenters. The highest BCUT2D eigenvalue weighted by Crippen LogP contribution is 2.27. The fourth-order valence-electron chi connectivity index (χ4n) is 3.10. The van der Waals surface area contributed by atoms with Crippen LogP contribution in [0.3, 0.4) is 0 Å². The van der Waals surface area contributed by atoms with Crippen LogP contribution in [0.4, 0.5) is 11.4 Å². The van der Waals surface area contributed by atoms with Crippen LogP contribution in [0.25, 0.3) is 6.08 Å². The summed E-state index contributed by atoms with van der Waals surface area (Å²) < 4.78 is 6.22. The van der Waals surface area contributed by atoms with Crippen LogP contribution in [0.15, 0.2) is 70.7 Å². The Hall–Kier alpha value is -3.89. The van der Waals surface area contributed by atoms with Gasteiger partial charge in [-0.05, 0) is 95.4 Å². The second-order valence-corrected chi connectivity index (χ2v) is 8.62. The number of ether oxygens (including phenoxy) is 1. The number of hydrogen-bond donors (Lipinski definition) is 2. The number of aryl methyl sites for hydroxylation is 3. The van der Waals surface area contributed by atoms with Crippen molar-refractivity contribution in [3.05, 3.63) is 93.0 Å². The van der Waals surface area contributed by atoms with E-state index in [9.17, 15) is 14.9 Å². The third-order valence-electron chi connectivity index (χ3n) is 5.17. The molecular formula is C27H24BrN3O3. The van der Waals surface area contributed by atoms with E-state index < -0.39 is 5.91 Å². The van der Waals surface area contributed by atoms with Gasteiger partial charge in [-0.25, -0.2) is 0 Å². The summed E-state index contributed by atoms with van der Waals surface area (Å²) >= 11 is 3.42. The number of nitrogens with one attached hydrogen (secondary N) is 2. The number of para-hydroxylation sites is 1. The van der Waals surface area contributed by atoms with E-state index in [2.05, 4.69) is 26.6 Å². The number of amides is 2. The van der Waals surface area contributed by atoms with Crippen molar-refractivity contribution >= 4 is 45.2 Å². The summed E-state index contributed by atoms with van der Waals surface area (Å²) in [5.41, 5.74) is 5.11. The van der Waals surface area contributed by atoms with E-state index >= 15 is 0 Å². The van der Waals surface area contributed by atoms with Crippen LogP contribution < -0.4 is 15.4 Å². The Morgan fingerprint density at radius 2 is 1.74 bits per heavy atom. The quantitative estimate of drug-likeness (QED) is 0.299. The minimum atomic E-state index is -0.490. The van der Waals surface area contributed by atoms with E-state index in [1.54, 1.807) is 24.3 Å². The van der Waals surface area contributed by atoms with Crippen molar-refractivity contribution in [1.29, 1.82) is 5.26 Å². The van der Waals surface area contributed by atoms with Crippen LogP contribution in [0.5, 0.6) is 5.75 Å². The Morgan fingerprint density at radius 1 is 0.971 bits per heavy atom. The normalized spacial score (nSPS) is 10.9. The van der Waals surface area contributed by atoms with Crippen molar-refractivity contribution in [2.24, 2.45) is 0 Å². The molecular weight excluding hydrogens is 494 g/mol. The number of nitriles is 1. The molecule has 0 aliphatic heterocycles. The van der Waals surface area contributed by atoms with Crippen molar-refractivity contribution in [3.8, 4) is 11.8 Å². The Morgan fingerprint density at radius 3 is 2.41 bits per heavy atom. The van der Waals surface area contributed by atoms with Gasteiger partial charge in [0.05, 0.1) is 4.47 Å². The van der Waals surface area contributed by atoms with Gasteiger partial charge in [-0.3, -0.25) is 9.59 Å². The summed E-state index contributed by atoms with van der Waals surface area (Å²) in [6.45, 7) is 5.71. The fourth-order valence-corrected chi connectivity index (χ4v) is 3.61. The SMILES string of the molecule is Cc1ccc(NC(=O)COc2ccc(/C=C(/C#N)C(=O)Nc3ccccc3C)cc2Br)cc1C. The van der Waals surface area contributed by atoms with Gasteiger partial charge in [0.1, 0.15) is 17.4 Å². The number of carbonyl (C=O) groups excluding carboxylic acids is 2. The molecule has 0 heterocycles. The summed E-state index contributed by atoms with van der Waals surface area (Å²) in [6, 6.07) is 20.1. The maximum absolute atomic E-state index is 12.5. The van der Waals surface area contributed by atoms with E-state index in [4.69, 9.17) is 4.74 Å². The second-order valence-electron chi connectivity index (χ2n) is 7.76. The smallest absolute Gasteiger partial charge is 0.266 e. The molecule has 172 valence electrons. The van der Waals surface area contributed by atoms with E-state index in [0.29, 0.717) is 27.2 Å². The van der Waals surface area contributed by atoms with E-state index in [1.165, 1.54) is 6.08 Å². The van der Waals surface area contributed by atoms with Gasteiger partial charge in [0.15, 0.2) is 6.61 Å². The molecule has 3 aromatic carbocycles. The topological polar surface area (TPSA) is 91.2 Å². The first kappa shape index (κ1) is 24.7. The molecule has 3 rings (SSSR count). The number of halogens is 1. The molecule has 2 N–H and O–H groups in total. The average Bonchev–Trinajstić information content (AvgIpc) is 2.80. The molecule has 0 saturated carbocycles. The summed E-state index contributed by atoms with van der Waals surface area (Å²) in [6.07, 6.45) is 1.49. The first-order valence-electron chi connectivity index (χ1n) is 10.5. The fraction of sp³-hybridized carbons (Fsp3) is 0.148. The Balaban J connectivity index is 1.64. The molecule has 6 nitrogen and oxygen atoms in total. The van der Waals surface area contributed by atoms with E-state index in [0.717, 1.165) is 16.7 Å². The number of hydrogen-bond acceptors (Lipinski definition) is 4. The van der Waals surface area contributed by atoms with Gasteiger partial charge < -0.3 is 15.4 Å². The van der Waals surface area contributed by atoms with Gasteiger partial charge in [-0.1, -0.05) is 30.3 Å². The van der Waals surface area contributed by atoms with Crippen molar-refractivity contribution < 1.29 is 14.3 Å². The molecule has 0 radical (unpaired) electrons. The molecule has 0 bridgehead atoms. The first-order chi connectivity index (χ1) is 16.3. The van der Waals surface area contributed by atoms with Crippen LogP contribution in [-0.4, -0.2) is 18.4 Å². The zero-order valence-corrected chi connectivity index (χ0v) is 20.7. The highest BCUT2D eigenvalue weighted by Gasteiger charge is 2.12. The number of anilines is 2. The maximum atomic E-state index is 12.5. The van der Waals surface area contributed by atoms with Crippen LogP contribution in [0.1, 0.15) is 22.3 Å². The lowest BCUT2D eigenvalue weighted by Crippen LogP contribution is -2.20. The van der Waals surface area contributed by atoms with Gasteiger partial charge in [0.2, 0.25) is 0 Å². The third-order valence-corrected chi connectivity index (χ3v) is 5.79. The van der Waals surface area contributed by atoms with Gasteiger partial charge in [0, 0.05) is 11.4 Å². The zero-order chi connectivity index (χ0) is 24.7. The lowest BCUT2D eigenvalue weighted by Gasteiger charge is -2.11. The Kier molecular flexibility index (Phi) is 8.23. The van der Waals surface area contributed by atoms with Crippen molar-refractivity contribution in [3.63, 3.8) is 0 Å². The molecule has 2 amide bonds. The van der Waals surface area contributed by atoms with Gasteiger partial charge in [-0.2, -0.15) is 5.26 Å². The largest absolute Gasteiger partial charge is 0.483 e. The molecule has 0 aliphatic carbocycles. The van der Waals surface area contributed by atoms with Crippen LogP contribution in [0.2, 0.25) is 0 Å². The lowest BCUT2D eigenvalue weighted by molar-refractivity contribution is -0.118. The molecule has 3 aromatic rings. The summed E-state index contributed by atoms with van der Waals surface area (Å²) in [5.74, 6) is -0.301. The minimum Gasteiger partial charge on any atom is -0.483 e. The number of rotatable bonds is 7. The molecule has 34 heavy (non-hydrogen) atoms. The van der Waals surface area contributed by atoms with Crippen molar-refractivity contribution in [2.45, 2.75) is 20.8 Å². The summed E-state index contributed by atoms with van der Waals surface area (Å²) in [5, 5.41) is 15.0. The molecule has 0 fully saturated rings. The molecule has 0 atom stereocenters. The molecule has 0 aromatic heterocycles. The van der Waals surface area contributed by atoms with E-state index in [1.807, 2.05) is 63.2 Å². The standard InChI is InChI=1S/C27H24BrN3O3/c1-17-8-10-22(12-19(17)3)30-26(32)16-34-25-11-9-20(14-23(25)28)13-21(15-29)27(33)31-24-7-5-4-6-18(24)2/h4-14H,16H2,1-3H3,(H,30,32)(H,31,33)/b21-13-. The van der Waals surface area contributed by atoms with Gasteiger partial charge in [-0.15, -0.1) is 0 Å².